The van der Waals surface area contributed by atoms with Gasteiger partial charge in [0.05, 0.1) is 20.3 Å². The first-order valence-electron chi connectivity index (χ1n) is 6.52. The number of rotatable bonds is 5. The summed E-state index contributed by atoms with van der Waals surface area (Å²) in [6, 6.07) is 2.20. The van der Waals surface area contributed by atoms with Crippen LogP contribution in [0.25, 0.3) is 0 Å². The van der Waals surface area contributed by atoms with Crippen molar-refractivity contribution in [3.63, 3.8) is 0 Å². The van der Waals surface area contributed by atoms with E-state index in [0.29, 0.717) is 12.0 Å². The maximum absolute atomic E-state index is 13.5. The zero-order chi connectivity index (χ0) is 13.7. The fourth-order valence-corrected chi connectivity index (χ4v) is 2.35. The highest BCUT2D eigenvalue weighted by Crippen LogP contribution is 2.25. The zero-order valence-corrected chi connectivity index (χ0v) is 11.1. The minimum absolute atomic E-state index is 0.156. The van der Waals surface area contributed by atoms with Crippen molar-refractivity contribution < 1.29 is 18.3 Å². The molecule has 1 aromatic rings. The Kier molecular flexibility index (Phi) is 5.10. The van der Waals surface area contributed by atoms with Gasteiger partial charge < -0.3 is 9.47 Å². The van der Waals surface area contributed by atoms with Gasteiger partial charge in [0, 0.05) is 24.7 Å². The maximum atomic E-state index is 13.5. The fourth-order valence-electron chi connectivity index (χ4n) is 2.35. The van der Waals surface area contributed by atoms with Crippen molar-refractivity contribution in [3.8, 4) is 5.75 Å². The van der Waals surface area contributed by atoms with Crippen LogP contribution in [0.5, 0.6) is 5.75 Å². The van der Waals surface area contributed by atoms with E-state index in [-0.39, 0.29) is 5.75 Å². The molecule has 1 heterocycles. The first-order valence-corrected chi connectivity index (χ1v) is 6.52. The number of nitrogens with zero attached hydrogens (tertiary/aromatic N) is 1. The SMILES string of the molecule is COc1c(F)cc(F)cc1CCCN1CCOCC1. The van der Waals surface area contributed by atoms with E-state index in [1.165, 1.54) is 13.2 Å². The summed E-state index contributed by atoms with van der Waals surface area (Å²) in [6.45, 7) is 4.28. The van der Waals surface area contributed by atoms with Crippen LogP contribution in [0.4, 0.5) is 8.78 Å². The Morgan fingerprint density at radius 2 is 2.00 bits per heavy atom. The number of benzene rings is 1. The van der Waals surface area contributed by atoms with Crippen molar-refractivity contribution in [3.05, 3.63) is 29.3 Å². The summed E-state index contributed by atoms with van der Waals surface area (Å²) in [6.07, 6.45) is 1.45. The number of hydrogen-bond acceptors (Lipinski definition) is 3. The molecule has 106 valence electrons. The van der Waals surface area contributed by atoms with Crippen LogP contribution in [0, 0.1) is 11.6 Å². The van der Waals surface area contributed by atoms with Crippen molar-refractivity contribution >= 4 is 0 Å². The molecule has 0 spiro atoms. The summed E-state index contributed by atoms with van der Waals surface area (Å²) in [5.41, 5.74) is 0.591. The average Bonchev–Trinajstić information content (AvgIpc) is 2.39. The molecule has 2 rings (SSSR count). The second-order valence-corrected chi connectivity index (χ2v) is 4.64. The number of methoxy groups -OCH3 is 1. The van der Waals surface area contributed by atoms with E-state index < -0.39 is 11.6 Å². The molecule has 1 fully saturated rings. The van der Waals surface area contributed by atoms with E-state index in [2.05, 4.69) is 4.90 Å². The highest BCUT2D eigenvalue weighted by atomic mass is 19.1. The maximum Gasteiger partial charge on any atom is 0.168 e. The minimum atomic E-state index is -0.635. The molecule has 1 aliphatic heterocycles. The van der Waals surface area contributed by atoms with E-state index in [9.17, 15) is 8.78 Å². The molecule has 0 atom stereocenters. The lowest BCUT2D eigenvalue weighted by Crippen LogP contribution is -2.36. The van der Waals surface area contributed by atoms with Gasteiger partial charge in [-0.05, 0) is 25.5 Å². The quantitative estimate of drug-likeness (QED) is 0.820. The zero-order valence-electron chi connectivity index (χ0n) is 11.1. The summed E-state index contributed by atoms with van der Waals surface area (Å²) >= 11 is 0. The van der Waals surface area contributed by atoms with Crippen molar-refractivity contribution in [2.24, 2.45) is 0 Å². The molecule has 0 aromatic heterocycles. The highest BCUT2D eigenvalue weighted by Gasteiger charge is 2.13. The molecule has 1 aromatic carbocycles. The molecule has 1 aliphatic rings. The van der Waals surface area contributed by atoms with Gasteiger partial charge in [-0.1, -0.05) is 0 Å². The summed E-state index contributed by atoms with van der Waals surface area (Å²) in [5, 5.41) is 0. The third kappa shape index (κ3) is 3.88. The van der Waals surface area contributed by atoms with E-state index >= 15 is 0 Å². The van der Waals surface area contributed by atoms with E-state index in [0.717, 1.165) is 45.3 Å². The van der Waals surface area contributed by atoms with Crippen LogP contribution in [0.2, 0.25) is 0 Å². The van der Waals surface area contributed by atoms with Gasteiger partial charge in [0.15, 0.2) is 11.6 Å². The van der Waals surface area contributed by atoms with E-state index in [1.807, 2.05) is 0 Å². The third-order valence-electron chi connectivity index (χ3n) is 3.31. The Labute approximate surface area is 112 Å². The summed E-state index contributed by atoms with van der Waals surface area (Å²) in [5.74, 6) is -1.04. The van der Waals surface area contributed by atoms with Crippen molar-refractivity contribution in [2.45, 2.75) is 12.8 Å². The van der Waals surface area contributed by atoms with Crippen LogP contribution in [0.15, 0.2) is 12.1 Å². The Morgan fingerprint density at radius 3 is 2.68 bits per heavy atom. The second kappa shape index (κ2) is 6.82. The smallest absolute Gasteiger partial charge is 0.168 e. The number of hydrogen-bond donors (Lipinski definition) is 0. The molecule has 1 saturated heterocycles. The van der Waals surface area contributed by atoms with Crippen molar-refractivity contribution in [1.29, 1.82) is 0 Å². The normalized spacial score (nSPS) is 16.6. The molecular formula is C14H19F2NO2. The van der Waals surface area contributed by atoms with Gasteiger partial charge in [-0.15, -0.1) is 0 Å². The highest BCUT2D eigenvalue weighted by molar-refractivity contribution is 5.35. The fraction of sp³-hybridized carbons (Fsp3) is 0.571. The molecule has 0 unspecified atom stereocenters. The van der Waals surface area contributed by atoms with Crippen LogP contribution >= 0.6 is 0 Å². The van der Waals surface area contributed by atoms with Crippen LogP contribution in [-0.4, -0.2) is 44.9 Å². The predicted molar refractivity (Wildman–Crippen MR) is 68.5 cm³/mol. The third-order valence-corrected chi connectivity index (χ3v) is 3.31. The van der Waals surface area contributed by atoms with Crippen molar-refractivity contribution in [2.75, 3.05) is 40.0 Å². The van der Waals surface area contributed by atoms with Crippen LogP contribution in [0.3, 0.4) is 0 Å². The molecular weight excluding hydrogens is 252 g/mol. The number of ether oxygens (including phenoxy) is 2. The second-order valence-electron chi connectivity index (χ2n) is 4.64. The topological polar surface area (TPSA) is 21.7 Å². The van der Waals surface area contributed by atoms with Crippen LogP contribution in [-0.2, 0) is 11.2 Å². The van der Waals surface area contributed by atoms with Crippen molar-refractivity contribution in [1.82, 2.24) is 4.90 Å². The summed E-state index contributed by atoms with van der Waals surface area (Å²) < 4.78 is 37.0. The van der Waals surface area contributed by atoms with E-state index in [1.54, 1.807) is 0 Å². The largest absolute Gasteiger partial charge is 0.493 e. The van der Waals surface area contributed by atoms with Gasteiger partial charge in [0.25, 0.3) is 0 Å². The monoisotopic (exact) mass is 271 g/mol. The Balaban J connectivity index is 1.91. The molecule has 0 radical (unpaired) electrons. The lowest BCUT2D eigenvalue weighted by Gasteiger charge is -2.26. The van der Waals surface area contributed by atoms with Gasteiger partial charge in [0.2, 0.25) is 0 Å². The molecule has 0 bridgehead atoms. The molecule has 5 heteroatoms. The van der Waals surface area contributed by atoms with E-state index in [4.69, 9.17) is 9.47 Å². The standard InChI is InChI=1S/C14H19F2NO2/c1-18-14-11(9-12(15)10-13(14)16)3-2-4-17-5-7-19-8-6-17/h9-10H,2-8H2,1H3. The average molecular weight is 271 g/mol. The minimum Gasteiger partial charge on any atom is -0.493 e. The molecule has 3 nitrogen and oxygen atoms in total. The molecule has 19 heavy (non-hydrogen) atoms. The number of morpholine rings is 1. The first-order chi connectivity index (χ1) is 9.20. The Hall–Kier alpha value is -1.20. The molecule has 0 N–H and O–H groups in total. The molecule has 0 aliphatic carbocycles. The summed E-state index contributed by atoms with van der Waals surface area (Å²) in [7, 11) is 1.40. The number of halogens is 2. The molecule has 0 amide bonds. The molecule has 0 saturated carbocycles. The van der Waals surface area contributed by atoms with Gasteiger partial charge in [0.1, 0.15) is 5.82 Å². The predicted octanol–water partition coefficient (Wildman–Crippen LogP) is 2.24. The van der Waals surface area contributed by atoms with Gasteiger partial charge in [-0.2, -0.15) is 0 Å². The van der Waals surface area contributed by atoms with Crippen LogP contribution < -0.4 is 4.74 Å². The number of aryl methyl sites for hydroxylation is 1. The summed E-state index contributed by atoms with van der Waals surface area (Å²) in [4.78, 5) is 2.30. The Morgan fingerprint density at radius 1 is 1.26 bits per heavy atom. The lowest BCUT2D eigenvalue weighted by atomic mass is 10.1. The van der Waals surface area contributed by atoms with Gasteiger partial charge in [-0.3, -0.25) is 4.90 Å². The first kappa shape index (κ1) is 14.2. The van der Waals surface area contributed by atoms with Crippen LogP contribution in [0.1, 0.15) is 12.0 Å². The van der Waals surface area contributed by atoms with Gasteiger partial charge >= 0.3 is 0 Å². The lowest BCUT2D eigenvalue weighted by molar-refractivity contribution is 0.0374. The van der Waals surface area contributed by atoms with Gasteiger partial charge in [-0.25, -0.2) is 8.78 Å². The Bertz CT molecular complexity index is 420.